The summed E-state index contributed by atoms with van der Waals surface area (Å²) in [5, 5.41) is 0. The zero-order valence-corrected chi connectivity index (χ0v) is 8.97. The highest BCUT2D eigenvalue weighted by Crippen LogP contribution is 2.41. The molecule has 1 saturated carbocycles. The third-order valence-electron chi connectivity index (χ3n) is 3.36. The van der Waals surface area contributed by atoms with Gasteiger partial charge < -0.3 is 4.74 Å². The van der Waals surface area contributed by atoms with Crippen molar-refractivity contribution in [3.05, 3.63) is 0 Å². The summed E-state index contributed by atoms with van der Waals surface area (Å²) in [6.07, 6.45) is 4.50. The SMILES string of the molecule is CC[C@@]1(CCC(=O)OC)CCCC1=O. The third kappa shape index (κ3) is 2.14. The van der Waals surface area contributed by atoms with Crippen LogP contribution in [0.3, 0.4) is 0 Å². The van der Waals surface area contributed by atoms with Gasteiger partial charge in [0.2, 0.25) is 0 Å². The van der Waals surface area contributed by atoms with E-state index in [2.05, 4.69) is 4.74 Å². The first-order valence-electron chi connectivity index (χ1n) is 5.25. The number of ketones is 1. The summed E-state index contributed by atoms with van der Waals surface area (Å²) in [5.41, 5.74) is -0.214. The van der Waals surface area contributed by atoms with Crippen LogP contribution in [0.1, 0.15) is 45.4 Å². The van der Waals surface area contributed by atoms with Gasteiger partial charge in [0.15, 0.2) is 0 Å². The van der Waals surface area contributed by atoms with Gasteiger partial charge in [-0.25, -0.2) is 0 Å². The summed E-state index contributed by atoms with van der Waals surface area (Å²) < 4.78 is 4.58. The van der Waals surface area contributed by atoms with Gasteiger partial charge in [0.1, 0.15) is 5.78 Å². The van der Waals surface area contributed by atoms with Gasteiger partial charge in [-0.05, 0) is 25.7 Å². The van der Waals surface area contributed by atoms with Crippen LogP contribution in [-0.4, -0.2) is 18.9 Å². The first kappa shape index (κ1) is 11.2. The number of rotatable bonds is 4. The van der Waals surface area contributed by atoms with Crippen LogP contribution >= 0.6 is 0 Å². The van der Waals surface area contributed by atoms with Gasteiger partial charge >= 0.3 is 5.97 Å². The quantitative estimate of drug-likeness (QED) is 0.650. The molecule has 0 aromatic carbocycles. The lowest BCUT2D eigenvalue weighted by molar-refractivity contribution is -0.141. The summed E-state index contributed by atoms with van der Waals surface area (Å²) in [4.78, 5) is 22.7. The van der Waals surface area contributed by atoms with Gasteiger partial charge in [-0.2, -0.15) is 0 Å². The number of methoxy groups -OCH3 is 1. The number of hydrogen-bond acceptors (Lipinski definition) is 3. The van der Waals surface area contributed by atoms with Crippen LogP contribution in [0.5, 0.6) is 0 Å². The Labute approximate surface area is 84.8 Å². The Morgan fingerprint density at radius 2 is 2.29 bits per heavy atom. The Morgan fingerprint density at radius 3 is 2.71 bits per heavy atom. The van der Waals surface area contributed by atoms with Crippen molar-refractivity contribution in [1.82, 2.24) is 0 Å². The molecule has 0 aliphatic heterocycles. The van der Waals surface area contributed by atoms with Crippen molar-refractivity contribution >= 4 is 11.8 Å². The lowest BCUT2D eigenvalue weighted by Gasteiger charge is -2.24. The predicted molar refractivity (Wildman–Crippen MR) is 52.8 cm³/mol. The fourth-order valence-corrected chi connectivity index (χ4v) is 2.25. The molecule has 1 atom stereocenters. The van der Waals surface area contributed by atoms with Gasteiger partial charge in [-0.15, -0.1) is 0 Å². The molecule has 1 aliphatic rings. The van der Waals surface area contributed by atoms with Crippen molar-refractivity contribution in [2.24, 2.45) is 5.41 Å². The summed E-state index contributed by atoms with van der Waals surface area (Å²) in [6, 6.07) is 0. The molecule has 1 aliphatic carbocycles. The molecular weight excluding hydrogens is 180 g/mol. The smallest absolute Gasteiger partial charge is 0.305 e. The molecule has 80 valence electrons. The zero-order valence-electron chi connectivity index (χ0n) is 8.97. The molecular formula is C11H18O3. The number of carbonyl (C=O) groups is 2. The highest BCUT2D eigenvalue weighted by atomic mass is 16.5. The summed E-state index contributed by atoms with van der Waals surface area (Å²) in [7, 11) is 1.39. The Hall–Kier alpha value is -0.860. The topological polar surface area (TPSA) is 43.4 Å². The minimum Gasteiger partial charge on any atom is -0.469 e. The van der Waals surface area contributed by atoms with E-state index in [0.29, 0.717) is 25.0 Å². The molecule has 0 unspecified atom stereocenters. The number of carbonyl (C=O) groups excluding carboxylic acids is 2. The third-order valence-corrected chi connectivity index (χ3v) is 3.36. The largest absolute Gasteiger partial charge is 0.469 e. The van der Waals surface area contributed by atoms with E-state index in [9.17, 15) is 9.59 Å². The average Bonchev–Trinajstić information content (AvgIpc) is 2.57. The van der Waals surface area contributed by atoms with Gasteiger partial charge in [-0.3, -0.25) is 9.59 Å². The van der Waals surface area contributed by atoms with Crippen LogP contribution in [0.4, 0.5) is 0 Å². The molecule has 1 rings (SSSR count). The Kier molecular flexibility index (Phi) is 3.67. The molecule has 0 aromatic heterocycles. The van der Waals surface area contributed by atoms with E-state index in [1.54, 1.807) is 0 Å². The lowest BCUT2D eigenvalue weighted by atomic mass is 9.78. The molecule has 0 aromatic rings. The second-order valence-corrected chi connectivity index (χ2v) is 3.99. The Bertz CT molecular complexity index is 235. The van der Waals surface area contributed by atoms with Crippen molar-refractivity contribution in [1.29, 1.82) is 0 Å². The van der Waals surface area contributed by atoms with E-state index in [1.165, 1.54) is 7.11 Å². The molecule has 0 radical (unpaired) electrons. The average molecular weight is 198 g/mol. The normalized spacial score (nSPS) is 26.6. The van der Waals surface area contributed by atoms with Gasteiger partial charge in [0.25, 0.3) is 0 Å². The second kappa shape index (κ2) is 4.58. The van der Waals surface area contributed by atoms with Crippen molar-refractivity contribution in [3.63, 3.8) is 0 Å². The molecule has 0 heterocycles. The molecule has 0 amide bonds. The summed E-state index contributed by atoms with van der Waals surface area (Å²) in [6.45, 7) is 2.03. The standard InChI is InChI=1S/C11H18O3/c1-3-11(7-4-5-9(11)12)8-6-10(13)14-2/h3-8H2,1-2H3/t11-/m0/s1. The van der Waals surface area contributed by atoms with Crippen LogP contribution in [-0.2, 0) is 14.3 Å². The molecule has 3 heteroatoms. The first-order valence-corrected chi connectivity index (χ1v) is 5.25. The second-order valence-electron chi connectivity index (χ2n) is 3.99. The van der Waals surface area contributed by atoms with Gasteiger partial charge in [0, 0.05) is 18.3 Å². The highest BCUT2D eigenvalue weighted by Gasteiger charge is 2.40. The van der Waals surface area contributed by atoms with Gasteiger partial charge in [0.05, 0.1) is 7.11 Å². The number of hydrogen-bond donors (Lipinski definition) is 0. The van der Waals surface area contributed by atoms with Crippen molar-refractivity contribution in [2.45, 2.75) is 45.4 Å². The van der Waals surface area contributed by atoms with Crippen molar-refractivity contribution in [2.75, 3.05) is 7.11 Å². The Morgan fingerprint density at radius 1 is 1.57 bits per heavy atom. The maximum Gasteiger partial charge on any atom is 0.305 e. The van der Waals surface area contributed by atoms with Crippen LogP contribution in [0, 0.1) is 5.41 Å². The van der Waals surface area contributed by atoms with Gasteiger partial charge in [-0.1, -0.05) is 6.92 Å². The lowest BCUT2D eigenvalue weighted by Crippen LogP contribution is -2.25. The fourth-order valence-electron chi connectivity index (χ4n) is 2.25. The highest BCUT2D eigenvalue weighted by molar-refractivity contribution is 5.87. The van der Waals surface area contributed by atoms with Crippen LogP contribution in [0.15, 0.2) is 0 Å². The minimum absolute atomic E-state index is 0.211. The fraction of sp³-hybridized carbons (Fsp3) is 0.818. The van der Waals surface area contributed by atoms with E-state index < -0.39 is 0 Å². The summed E-state index contributed by atoms with van der Waals surface area (Å²) in [5.74, 6) is 0.126. The molecule has 0 spiro atoms. The molecule has 14 heavy (non-hydrogen) atoms. The number of esters is 1. The number of Topliss-reactive ketones (excluding diaryl/α,β-unsaturated/α-hetero) is 1. The minimum atomic E-state index is -0.214. The van der Waals surface area contributed by atoms with Crippen LogP contribution in [0.25, 0.3) is 0 Å². The molecule has 0 saturated heterocycles. The van der Waals surface area contributed by atoms with E-state index in [-0.39, 0.29) is 11.4 Å². The Balaban J connectivity index is 2.53. The number of ether oxygens (including phenoxy) is 1. The van der Waals surface area contributed by atoms with Crippen LogP contribution in [0.2, 0.25) is 0 Å². The monoisotopic (exact) mass is 198 g/mol. The zero-order chi connectivity index (χ0) is 10.6. The molecule has 0 bridgehead atoms. The van der Waals surface area contributed by atoms with E-state index in [1.807, 2.05) is 6.92 Å². The van der Waals surface area contributed by atoms with Crippen LogP contribution < -0.4 is 0 Å². The predicted octanol–water partition coefficient (Wildman–Crippen LogP) is 2.09. The first-order chi connectivity index (χ1) is 6.64. The van der Waals surface area contributed by atoms with E-state index in [4.69, 9.17) is 0 Å². The van der Waals surface area contributed by atoms with Crippen molar-refractivity contribution in [3.8, 4) is 0 Å². The van der Waals surface area contributed by atoms with E-state index in [0.717, 1.165) is 19.3 Å². The molecule has 1 fully saturated rings. The molecule has 0 N–H and O–H groups in total. The summed E-state index contributed by atoms with van der Waals surface area (Å²) >= 11 is 0. The van der Waals surface area contributed by atoms with Crippen molar-refractivity contribution < 1.29 is 14.3 Å². The van der Waals surface area contributed by atoms with E-state index >= 15 is 0 Å². The maximum absolute atomic E-state index is 11.7. The molecule has 3 nitrogen and oxygen atoms in total. The maximum atomic E-state index is 11.7.